The van der Waals surface area contributed by atoms with E-state index in [1.807, 2.05) is 19.0 Å². The number of ether oxygens (including phenoxy) is 1. The van der Waals surface area contributed by atoms with Gasteiger partial charge < -0.3 is 44.0 Å². The summed E-state index contributed by atoms with van der Waals surface area (Å²) >= 11 is 0. The second kappa shape index (κ2) is 20.6. The van der Waals surface area contributed by atoms with Gasteiger partial charge in [0.05, 0.1) is 92.1 Å². The fraction of sp³-hybridized carbons (Fsp3) is 0.192. The number of benzene rings is 2. The first kappa shape index (κ1) is 50.6. The molecule has 10 rings (SSSR count). The van der Waals surface area contributed by atoms with Gasteiger partial charge in [-0.1, -0.05) is 0 Å². The van der Waals surface area contributed by atoms with Crippen LogP contribution in [0.15, 0.2) is 105 Å². The Morgan fingerprint density at radius 1 is 0.640 bits per heavy atom. The molecule has 0 aliphatic heterocycles. The van der Waals surface area contributed by atoms with E-state index in [0.29, 0.717) is 6.54 Å². The quantitative estimate of drug-likeness (QED) is 0.0699. The zero-order valence-electron chi connectivity index (χ0n) is 40.6. The predicted molar refractivity (Wildman–Crippen MR) is 271 cm³/mol. The molecule has 0 saturated carbocycles. The maximum atomic E-state index is 15.3. The Morgan fingerprint density at radius 3 is 1.56 bits per heavy atom. The minimum Gasteiger partial charge on any atom is -0.460 e. The molecule has 1 amide bonds. The molecule has 0 bridgehead atoms. The Kier molecular flexibility index (Phi) is 13.9. The van der Waals surface area contributed by atoms with Crippen LogP contribution >= 0.6 is 0 Å². The summed E-state index contributed by atoms with van der Waals surface area (Å²) in [5, 5.41) is 3.01. The predicted octanol–water partition coefficient (Wildman–Crippen LogP) is 5.99. The number of hydrogen-bond acceptors (Lipinski definition) is 12. The van der Waals surface area contributed by atoms with Crippen LogP contribution in [-0.4, -0.2) is 99.6 Å². The van der Waals surface area contributed by atoms with Gasteiger partial charge in [0, 0.05) is 72.0 Å². The molecule has 0 fully saturated rings. The Balaban J connectivity index is 0.000000184. The molecule has 0 atom stereocenters. The van der Waals surface area contributed by atoms with E-state index in [-0.39, 0.29) is 126 Å². The molecule has 5 N–H and O–H groups in total. The number of esters is 1. The van der Waals surface area contributed by atoms with Crippen LogP contribution in [-0.2, 0) is 17.8 Å². The Morgan fingerprint density at radius 2 is 1.11 bits per heavy atom. The van der Waals surface area contributed by atoms with E-state index in [1.54, 1.807) is 19.1 Å². The highest BCUT2D eigenvalue weighted by molar-refractivity contribution is 6.09. The van der Waals surface area contributed by atoms with Crippen molar-refractivity contribution >= 4 is 55.7 Å². The van der Waals surface area contributed by atoms with Crippen LogP contribution in [0.1, 0.15) is 50.4 Å². The van der Waals surface area contributed by atoms with E-state index >= 15 is 8.78 Å². The van der Waals surface area contributed by atoms with Gasteiger partial charge in [-0.05, 0) is 71.3 Å². The smallest absolute Gasteiger partial charge is 0.355 e. The van der Waals surface area contributed by atoms with Crippen LogP contribution in [0.3, 0.4) is 0 Å². The Hall–Kier alpha value is -9.38. The average Bonchev–Trinajstić information content (AvgIpc) is 3.85. The number of aromatic amines is 4. The second-order valence-corrected chi connectivity index (χ2v) is 17.5. The summed E-state index contributed by atoms with van der Waals surface area (Å²) < 4.78 is 68.3. The van der Waals surface area contributed by atoms with Crippen molar-refractivity contribution < 1.29 is 31.9 Å². The zero-order chi connectivity index (χ0) is 53.4. The van der Waals surface area contributed by atoms with Crippen molar-refractivity contribution in [2.75, 3.05) is 33.8 Å². The van der Waals surface area contributed by atoms with E-state index in [4.69, 9.17) is 4.74 Å². The normalized spacial score (nSPS) is 11.4. The lowest BCUT2D eigenvalue weighted by Crippen LogP contribution is -2.27. The summed E-state index contributed by atoms with van der Waals surface area (Å²) in [6.07, 6.45) is 5.24. The molecule has 10 aromatic rings. The Bertz CT molecular complexity index is 4180. The molecule has 0 aliphatic rings. The van der Waals surface area contributed by atoms with Gasteiger partial charge in [0.2, 0.25) is 0 Å². The molecule has 75 heavy (non-hydrogen) atoms. The van der Waals surface area contributed by atoms with E-state index in [2.05, 4.69) is 45.2 Å². The number of rotatable bonds is 12. The van der Waals surface area contributed by atoms with E-state index < -0.39 is 57.4 Å². The molecule has 8 heterocycles. The first-order chi connectivity index (χ1) is 35.9. The lowest BCUT2D eigenvalue weighted by molar-refractivity contribution is 0.0471. The summed E-state index contributed by atoms with van der Waals surface area (Å²) in [4.78, 5) is 106. The molecule has 0 unspecified atom stereocenters. The highest BCUT2D eigenvalue weighted by Gasteiger charge is 2.31. The molecule has 382 valence electrons. The second-order valence-electron chi connectivity index (χ2n) is 17.5. The summed E-state index contributed by atoms with van der Waals surface area (Å²) in [6.45, 7) is 4.86. The van der Waals surface area contributed by atoms with Crippen molar-refractivity contribution in [2.45, 2.75) is 33.9 Å². The fourth-order valence-electron chi connectivity index (χ4n) is 8.67. The first-order valence-corrected chi connectivity index (χ1v) is 23.1. The van der Waals surface area contributed by atoms with Gasteiger partial charge in [-0.3, -0.25) is 24.0 Å². The number of carbonyl (C=O) groups is 2. The van der Waals surface area contributed by atoms with Gasteiger partial charge in [0.1, 0.15) is 41.3 Å². The summed E-state index contributed by atoms with van der Waals surface area (Å²) in [5.74, 6) is -3.98. The summed E-state index contributed by atoms with van der Waals surface area (Å²) in [6, 6.07) is 13.5. The van der Waals surface area contributed by atoms with Crippen molar-refractivity contribution in [1.82, 2.24) is 59.2 Å². The van der Waals surface area contributed by atoms with E-state index in [9.17, 15) is 37.5 Å². The Labute approximate surface area is 419 Å². The van der Waals surface area contributed by atoms with Crippen molar-refractivity contribution in [1.29, 1.82) is 0 Å². The number of nitrogens with one attached hydrogen (secondary N) is 5. The molecule has 8 aromatic heterocycles. The van der Waals surface area contributed by atoms with Crippen LogP contribution in [0.2, 0.25) is 0 Å². The van der Waals surface area contributed by atoms with Crippen molar-refractivity contribution in [3.05, 3.63) is 184 Å². The first-order valence-electron chi connectivity index (χ1n) is 23.1. The number of fused-ring (bicyclic) bond motifs is 4. The number of H-pyrrole nitrogens is 4. The molecule has 23 heteroatoms. The number of likely N-dealkylation sites (N-methyl/N-ethyl adjacent to an activating group) is 1. The van der Waals surface area contributed by atoms with Crippen LogP contribution < -0.4 is 27.6 Å². The maximum Gasteiger partial charge on any atom is 0.355 e. The molecule has 19 nitrogen and oxygen atoms in total. The van der Waals surface area contributed by atoms with Gasteiger partial charge in [-0.15, -0.1) is 0 Å². The SMILES string of the molecule is CCNC(=O)c1c(-c2ccc[nH]c2=O)c2nc(C)c(F)cc2n1Cc1cc2c(=O)[nH]cnc2cc1F.Cc1nc2c(-c3ccc[nH]c3=O)c(C(=O)OCCN(C)C)n(Cc3cc4c(=O)[nH]cnc4cc3F)c2cc1F. The molecule has 0 spiro atoms. The van der Waals surface area contributed by atoms with E-state index in [0.717, 1.165) is 12.1 Å². The number of aromatic nitrogens is 10. The molecular formula is C52H44F4N12O7. The molecule has 2 aromatic carbocycles. The van der Waals surface area contributed by atoms with Crippen LogP contribution in [0.4, 0.5) is 17.6 Å². The number of pyridine rings is 4. The standard InChI is InChI=1S/C27H24F2N6O4.C25H20F2N6O3/c1-14-18(28)11-21-23(33-14)22(16-5-4-6-30-25(16)36)24(27(38)39-8-7-34(2)3)35(21)12-15-9-17-20(10-19(15)29)31-13-32-26(17)37;1-3-28-25(36)22-20(14-5-4-6-29-23(14)34)21-19(9-16(26)12(2)32-21)33(22)10-13-7-15-18(8-17(13)27)30-11-31-24(15)35/h4-6,9-11,13H,7-8,12H2,1-3H3,(H,30,36)(H,31,32,37);4-9,11H,3,10H2,1-2H3,(H,28,36)(H,29,34)(H,30,31,35). The van der Waals surface area contributed by atoms with Crippen molar-refractivity contribution in [2.24, 2.45) is 0 Å². The highest BCUT2D eigenvalue weighted by atomic mass is 19.1. The average molecular weight is 1020 g/mol. The van der Waals surface area contributed by atoms with Crippen molar-refractivity contribution in [3.63, 3.8) is 0 Å². The zero-order valence-corrected chi connectivity index (χ0v) is 40.6. The lowest BCUT2D eigenvalue weighted by Gasteiger charge is -2.14. The summed E-state index contributed by atoms with van der Waals surface area (Å²) in [5.41, 5.74) is -0.118. The van der Waals surface area contributed by atoms with Gasteiger partial charge in [0.15, 0.2) is 0 Å². The lowest BCUT2D eigenvalue weighted by atomic mass is 10.1. The third-order valence-corrected chi connectivity index (χ3v) is 12.3. The number of halogens is 4. The number of aryl methyl sites for hydroxylation is 2. The molecular weight excluding hydrogens is 981 g/mol. The minimum absolute atomic E-state index is 0.0145. The maximum absolute atomic E-state index is 15.3. The van der Waals surface area contributed by atoms with E-state index in [1.165, 1.54) is 84.4 Å². The summed E-state index contributed by atoms with van der Waals surface area (Å²) in [7, 11) is 3.63. The number of carbonyl (C=O) groups excluding carboxylic acids is 2. The minimum atomic E-state index is -0.799. The molecule has 0 saturated heterocycles. The largest absolute Gasteiger partial charge is 0.460 e. The van der Waals surface area contributed by atoms with Crippen LogP contribution in [0, 0.1) is 37.1 Å². The van der Waals surface area contributed by atoms with Gasteiger partial charge in [-0.2, -0.15) is 0 Å². The molecule has 0 radical (unpaired) electrons. The monoisotopic (exact) mass is 1020 g/mol. The topological polar surface area (TPSA) is 251 Å². The molecule has 0 aliphatic carbocycles. The van der Waals surface area contributed by atoms with Crippen LogP contribution in [0.5, 0.6) is 0 Å². The van der Waals surface area contributed by atoms with Gasteiger partial charge in [0.25, 0.3) is 28.1 Å². The number of hydrogen-bond donors (Lipinski definition) is 5. The number of nitrogens with zero attached hydrogens (tertiary/aromatic N) is 7. The third-order valence-electron chi connectivity index (χ3n) is 12.3. The highest BCUT2D eigenvalue weighted by Crippen LogP contribution is 2.37. The third kappa shape index (κ3) is 9.70. The number of amides is 1. The van der Waals surface area contributed by atoms with Gasteiger partial charge in [-0.25, -0.2) is 42.3 Å². The van der Waals surface area contributed by atoms with Gasteiger partial charge >= 0.3 is 5.97 Å². The fourth-order valence-corrected chi connectivity index (χ4v) is 8.67. The van der Waals surface area contributed by atoms with Crippen molar-refractivity contribution in [3.8, 4) is 22.3 Å². The van der Waals surface area contributed by atoms with Crippen LogP contribution in [0.25, 0.3) is 66.1 Å².